The average Bonchev–Trinajstić information content (AvgIpc) is 2.54. The second-order valence-electron chi connectivity index (χ2n) is 6.67. The Morgan fingerprint density at radius 3 is 1.86 bits per heavy atom. The van der Waals surface area contributed by atoms with Crippen molar-refractivity contribution in [3.63, 3.8) is 0 Å². The van der Waals surface area contributed by atoms with Crippen molar-refractivity contribution < 1.29 is 43.2 Å². The number of alkyl halides is 1. The summed E-state index contributed by atoms with van der Waals surface area (Å²) < 4.78 is 12.0. The zero-order chi connectivity index (χ0) is 15.4. The normalized spacial score (nSPS) is 29.5. The Hall–Kier alpha value is 2.03. The number of hydrogen-bond donors (Lipinski definition) is 0. The third-order valence-corrected chi connectivity index (χ3v) is 12.7. The molecule has 0 saturated carbocycles. The van der Waals surface area contributed by atoms with Gasteiger partial charge in [-0.15, -0.1) is 0 Å². The van der Waals surface area contributed by atoms with Crippen LogP contribution in [-0.2, 0) is 0 Å². The Morgan fingerprint density at radius 1 is 0.727 bits per heavy atom. The monoisotopic (exact) mass is 646 g/mol. The van der Waals surface area contributed by atoms with Gasteiger partial charge in [-0.1, -0.05) is 0 Å². The summed E-state index contributed by atoms with van der Waals surface area (Å²) in [4.78, 5) is 0. The molecule has 3 heterocycles. The van der Waals surface area contributed by atoms with Crippen LogP contribution in [-0.4, -0.2) is 68.7 Å². The topological polar surface area (TPSA) is 13.0 Å². The zero-order valence-electron chi connectivity index (χ0n) is 13.6. The van der Waals surface area contributed by atoms with Crippen LogP contribution >= 0.6 is 22.9 Å². The van der Waals surface area contributed by atoms with Crippen molar-refractivity contribution in [1.82, 2.24) is 12.5 Å². The number of halogens is 3. The van der Waals surface area contributed by atoms with Crippen molar-refractivity contribution in [2.45, 2.75) is 36.5 Å². The van der Waals surface area contributed by atoms with Gasteiger partial charge < -0.3 is 0 Å². The van der Waals surface area contributed by atoms with Crippen LogP contribution < -0.4 is 43.2 Å². The molecule has 3 fully saturated rings. The van der Waals surface area contributed by atoms with Gasteiger partial charge >= 0.3 is 173 Å². The molecule has 0 amide bonds. The van der Waals surface area contributed by atoms with E-state index in [4.69, 9.17) is 0 Å². The molecule has 0 N–H and O–H groups in total. The number of piperazine rings is 1. The summed E-state index contributed by atoms with van der Waals surface area (Å²) in [6.45, 7) is 13.2. The van der Waals surface area contributed by atoms with Gasteiger partial charge in [0.15, 0.2) is 0 Å². The third-order valence-electron chi connectivity index (χ3n) is 4.76. The fourth-order valence-electron chi connectivity index (χ4n) is 3.14. The van der Waals surface area contributed by atoms with Crippen LogP contribution in [0.2, 0.25) is 0 Å². The summed E-state index contributed by atoms with van der Waals surface area (Å²) in [5, 5.41) is 0. The van der Waals surface area contributed by atoms with Crippen LogP contribution in [0.3, 0.4) is 0 Å². The Labute approximate surface area is 171 Å². The molecule has 3 saturated heterocycles. The first kappa shape index (κ1) is 18.8. The molecular formula is C15H29I3N4-2. The molecule has 0 spiro atoms. The van der Waals surface area contributed by atoms with E-state index in [1.807, 2.05) is 0 Å². The van der Waals surface area contributed by atoms with Crippen LogP contribution in [0.25, 0.3) is 0 Å². The van der Waals surface area contributed by atoms with Gasteiger partial charge in [-0.25, -0.2) is 0 Å². The Balaban J connectivity index is 1.32. The maximum absolute atomic E-state index is 2.83. The summed E-state index contributed by atoms with van der Waals surface area (Å²) in [5.74, 6) is 0.971. The van der Waals surface area contributed by atoms with Gasteiger partial charge in [-0.2, -0.15) is 0 Å². The van der Waals surface area contributed by atoms with E-state index in [2.05, 4.69) is 42.2 Å². The molecule has 0 radical (unpaired) electrons. The second kappa shape index (κ2) is 9.65. The van der Waals surface area contributed by atoms with Crippen LogP contribution in [0.4, 0.5) is 0 Å². The fraction of sp³-hybridized carbons (Fsp3) is 1.00. The average molecular weight is 646 g/mol. The maximum atomic E-state index is 2.83. The van der Waals surface area contributed by atoms with Gasteiger partial charge in [0.2, 0.25) is 0 Å². The van der Waals surface area contributed by atoms with E-state index in [1.165, 1.54) is 78.0 Å². The fourth-order valence-corrected chi connectivity index (χ4v) is 9.63. The van der Waals surface area contributed by atoms with Gasteiger partial charge in [0.1, 0.15) is 0 Å². The van der Waals surface area contributed by atoms with Crippen molar-refractivity contribution in [1.29, 1.82) is 0 Å². The molecule has 132 valence electrons. The molecule has 0 atom stereocenters. The third kappa shape index (κ3) is 6.08. The molecule has 0 aromatic carbocycles. The van der Waals surface area contributed by atoms with Crippen molar-refractivity contribution in [2.75, 3.05) is 52.4 Å². The van der Waals surface area contributed by atoms with Crippen LogP contribution in [0.15, 0.2) is 0 Å². The zero-order valence-corrected chi connectivity index (χ0v) is 20.0. The minimum atomic E-state index is 0.175. The summed E-state index contributed by atoms with van der Waals surface area (Å²) in [6, 6.07) is 0. The van der Waals surface area contributed by atoms with E-state index < -0.39 is 0 Å². The summed E-state index contributed by atoms with van der Waals surface area (Å²) in [6.07, 6.45) is 5.85. The SMILES string of the molecule is CC1CCN([I-]N2CCC([I-]N3CCN(I)CC3)CC2)CC1. The van der Waals surface area contributed by atoms with Crippen molar-refractivity contribution in [3.05, 3.63) is 0 Å². The van der Waals surface area contributed by atoms with Gasteiger partial charge in [0.05, 0.1) is 0 Å². The van der Waals surface area contributed by atoms with Crippen molar-refractivity contribution in [3.8, 4) is 0 Å². The Kier molecular flexibility index (Phi) is 8.25. The molecule has 0 aromatic rings. The molecule has 0 aliphatic carbocycles. The molecule has 0 aromatic heterocycles. The quantitative estimate of drug-likeness (QED) is 0.176. The summed E-state index contributed by atoms with van der Waals surface area (Å²) in [7, 11) is 0. The predicted octanol–water partition coefficient (Wildman–Crippen LogP) is -3.93. The van der Waals surface area contributed by atoms with E-state index in [1.54, 1.807) is 0 Å². The molecule has 0 unspecified atom stereocenters. The Morgan fingerprint density at radius 2 is 1.27 bits per heavy atom. The number of rotatable bonds is 4. The first-order chi connectivity index (χ1) is 10.7. The van der Waals surface area contributed by atoms with Crippen molar-refractivity contribution >= 4 is 22.9 Å². The van der Waals surface area contributed by atoms with Crippen LogP contribution in [0.5, 0.6) is 0 Å². The van der Waals surface area contributed by atoms with Gasteiger partial charge in [-0.05, 0) is 0 Å². The van der Waals surface area contributed by atoms with Gasteiger partial charge in [0, 0.05) is 0 Å². The minimum absolute atomic E-state index is 0.175. The summed E-state index contributed by atoms with van der Waals surface area (Å²) >= 11 is 2.95. The second-order valence-corrected chi connectivity index (χ2v) is 14.9. The van der Waals surface area contributed by atoms with Gasteiger partial charge in [0.25, 0.3) is 0 Å². The Bertz CT molecular complexity index is 291. The molecule has 7 heteroatoms. The standard InChI is InChI=1S/C15H29I3N4/c1-14-2-6-21(7-3-14)18-22-8-4-15(5-9-22)17-20-12-10-19(16)11-13-20/h14-15H,2-13H2,1H3/q-2. The molecule has 0 bridgehead atoms. The number of piperidine rings is 2. The molecular weight excluding hydrogens is 617 g/mol. The van der Waals surface area contributed by atoms with E-state index >= 15 is 0 Å². The first-order valence-electron chi connectivity index (χ1n) is 8.63. The molecule has 22 heavy (non-hydrogen) atoms. The van der Waals surface area contributed by atoms with Gasteiger partial charge in [-0.3, -0.25) is 0 Å². The molecule has 3 aliphatic heterocycles. The van der Waals surface area contributed by atoms with Crippen LogP contribution in [0, 0.1) is 5.92 Å². The van der Waals surface area contributed by atoms with E-state index in [9.17, 15) is 0 Å². The molecule has 4 nitrogen and oxygen atoms in total. The van der Waals surface area contributed by atoms with Crippen molar-refractivity contribution in [2.24, 2.45) is 5.92 Å². The van der Waals surface area contributed by atoms with E-state index in [0.29, 0.717) is 21.5 Å². The predicted molar refractivity (Wildman–Crippen MR) is 91.7 cm³/mol. The van der Waals surface area contributed by atoms with Crippen LogP contribution in [0.1, 0.15) is 32.6 Å². The molecule has 3 aliphatic rings. The molecule has 3 rings (SSSR count). The van der Waals surface area contributed by atoms with E-state index in [0.717, 1.165) is 9.84 Å². The summed E-state index contributed by atoms with van der Waals surface area (Å²) in [5.41, 5.74) is 0. The van der Waals surface area contributed by atoms with E-state index in [-0.39, 0.29) is 21.8 Å². The first-order valence-corrected chi connectivity index (χ1v) is 13.7. The number of hydrogen-bond acceptors (Lipinski definition) is 4. The number of nitrogens with zero attached hydrogens (tertiary/aromatic N) is 4.